The Morgan fingerprint density at radius 1 is 0.667 bits per heavy atom. The summed E-state index contributed by atoms with van der Waals surface area (Å²) >= 11 is 0. The quantitative estimate of drug-likeness (QED) is 0.161. The molecular formula is C19H36LaO4. The second-order valence-electron chi connectivity index (χ2n) is 6.44. The molecule has 0 rings (SSSR count). The van der Waals surface area contributed by atoms with Crippen molar-refractivity contribution >= 4 is 12.1 Å². The molecule has 0 heterocycles. The van der Waals surface area contributed by atoms with Gasteiger partial charge in [-0.2, -0.15) is 0 Å². The third-order valence-corrected chi connectivity index (χ3v) is 4.19. The molecule has 0 aliphatic heterocycles. The summed E-state index contributed by atoms with van der Waals surface area (Å²) in [6.07, 6.45) is 17.8. The van der Waals surface area contributed by atoms with Crippen LogP contribution in [0, 0.1) is 35.6 Å². The first-order valence-electron chi connectivity index (χ1n) is 9.60. The van der Waals surface area contributed by atoms with E-state index in [0.717, 1.165) is 19.3 Å². The molecule has 4 nitrogen and oxygen atoms in total. The first kappa shape index (κ1) is 26.4. The number of carbonyl (C=O) groups excluding carboxylic acids is 1. The minimum absolute atomic E-state index is 0. The Morgan fingerprint density at radius 3 is 1.33 bits per heavy atom. The molecule has 0 aromatic heterocycles. The van der Waals surface area contributed by atoms with Crippen molar-refractivity contribution in [1.29, 1.82) is 0 Å². The molecule has 0 aliphatic rings. The Hall–Kier alpha value is 0.135. The van der Waals surface area contributed by atoms with Gasteiger partial charge in [-0.15, -0.1) is 0 Å². The third kappa shape index (κ3) is 22.1. The summed E-state index contributed by atoms with van der Waals surface area (Å²) in [6.45, 7) is 2.26. The van der Waals surface area contributed by atoms with Crippen LogP contribution in [-0.2, 0) is 9.53 Å². The van der Waals surface area contributed by atoms with E-state index in [1.807, 2.05) is 0 Å². The molecule has 0 saturated heterocycles. The largest absolute Gasteiger partial charge is 0.513 e. The predicted octanol–water partition coefficient (Wildman–Crippen LogP) is 6.47. The minimum atomic E-state index is -1.50. The van der Waals surface area contributed by atoms with Gasteiger partial charge in [0.1, 0.15) is 0 Å². The van der Waals surface area contributed by atoms with Gasteiger partial charge in [-0.3, -0.25) is 4.79 Å². The molecule has 0 bridgehead atoms. The summed E-state index contributed by atoms with van der Waals surface area (Å²) in [5, 5.41) is 8.27. The fourth-order valence-corrected chi connectivity index (χ4v) is 2.79. The minimum Gasteiger partial charge on any atom is -0.449 e. The zero-order valence-electron chi connectivity index (χ0n) is 15.6. The molecular weight excluding hydrogens is 431 g/mol. The number of esters is 1. The van der Waals surface area contributed by atoms with E-state index in [4.69, 9.17) is 5.11 Å². The predicted molar refractivity (Wildman–Crippen MR) is 93.7 cm³/mol. The maximum atomic E-state index is 11.0. The van der Waals surface area contributed by atoms with Crippen LogP contribution < -0.4 is 0 Å². The molecule has 139 valence electrons. The second-order valence-corrected chi connectivity index (χ2v) is 6.44. The van der Waals surface area contributed by atoms with E-state index in [9.17, 15) is 9.59 Å². The molecule has 0 fully saturated rings. The molecule has 0 aromatic rings. The fraction of sp³-hybridized carbons (Fsp3) is 0.895. The van der Waals surface area contributed by atoms with Crippen LogP contribution in [0.25, 0.3) is 0 Å². The first-order valence-corrected chi connectivity index (χ1v) is 9.60. The normalized spacial score (nSPS) is 10.2. The van der Waals surface area contributed by atoms with Crippen molar-refractivity contribution in [3.8, 4) is 0 Å². The van der Waals surface area contributed by atoms with Crippen LogP contribution in [0.5, 0.6) is 0 Å². The molecule has 0 spiro atoms. The van der Waals surface area contributed by atoms with Gasteiger partial charge in [-0.1, -0.05) is 96.8 Å². The Bertz CT molecular complexity index is 295. The van der Waals surface area contributed by atoms with Crippen molar-refractivity contribution in [1.82, 2.24) is 0 Å². The molecule has 0 saturated carbocycles. The van der Waals surface area contributed by atoms with Crippen molar-refractivity contribution in [2.45, 2.75) is 110 Å². The second kappa shape index (κ2) is 21.2. The number of rotatable bonds is 16. The fourth-order valence-electron chi connectivity index (χ4n) is 2.79. The van der Waals surface area contributed by atoms with Crippen molar-refractivity contribution in [3.05, 3.63) is 0 Å². The number of carboxylic acid groups (broad SMARTS) is 1. The number of carbonyl (C=O) groups is 2. The topological polar surface area (TPSA) is 63.6 Å². The smallest absolute Gasteiger partial charge is 0.449 e. The van der Waals surface area contributed by atoms with Gasteiger partial charge < -0.3 is 9.84 Å². The van der Waals surface area contributed by atoms with E-state index in [1.165, 1.54) is 77.0 Å². The van der Waals surface area contributed by atoms with Crippen LogP contribution in [0.4, 0.5) is 4.79 Å². The van der Waals surface area contributed by atoms with Gasteiger partial charge in [0.25, 0.3) is 0 Å². The standard InChI is InChI=1S/C19H36O4.La/c1-2-3-4-5-6-7-8-9-10-11-12-13-14-15-16-17-18(20)23-19(21)22;/h2-17H2,1H3,(H,21,22);. The van der Waals surface area contributed by atoms with Gasteiger partial charge in [-0.05, 0) is 6.42 Å². The van der Waals surface area contributed by atoms with Crippen molar-refractivity contribution in [3.63, 3.8) is 0 Å². The van der Waals surface area contributed by atoms with Gasteiger partial charge in [0, 0.05) is 42.0 Å². The van der Waals surface area contributed by atoms with Crippen LogP contribution in [0.2, 0.25) is 0 Å². The van der Waals surface area contributed by atoms with Crippen LogP contribution in [-0.4, -0.2) is 17.2 Å². The van der Waals surface area contributed by atoms with E-state index in [1.54, 1.807) is 0 Å². The Labute approximate surface area is 176 Å². The number of ether oxygens (including phenoxy) is 1. The van der Waals surface area contributed by atoms with E-state index in [2.05, 4.69) is 11.7 Å². The molecule has 1 radical (unpaired) electrons. The molecule has 0 aliphatic carbocycles. The Balaban J connectivity index is 0. The van der Waals surface area contributed by atoms with Gasteiger partial charge in [-0.25, -0.2) is 4.79 Å². The third-order valence-electron chi connectivity index (χ3n) is 4.19. The van der Waals surface area contributed by atoms with Gasteiger partial charge in [0.2, 0.25) is 0 Å². The summed E-state index contributed by atoms with van der Waals surface area (Å²) in [7, 11) is 0. The summed E-state index contributed by atoms with van der Waals surface area (Å²) in [4.78, 5) is 21.1. The number of hydrogen-bond donors (Lipinski definition) is 1. The summed E-state index contributed by atoms with van der Waals surface area (Å²) in [5.74, 6) is -0.632. The summed E-state index contributed by atoms with van der Waals surface area (Å²) in [6, 6.07) is 0. The molecule has 0 unspecified atom stereocenters. The Kier molecular flexibility index (Phi) is 23.3. The SMILES string of the molecule is CCCCCCCCCCCCCCCCCC(=O)OC(=O)O.[La]. The molecule has 1 N–H and O–H groups in total. The molecule has 0 atom stereocenters. The van der Waals surface area contributed by atoms with Crippen molar-refractivity contribution in [2.24, 2.45) is 0 Å². The van der Waals surface area contributed by atoms with Crippen LogP contribution in [0.15, 0.2) is 0 Å². The zero-order chi connectivity index (χ0) is 17.2. The first-order chi connectivity index (χ1) is 11.2. The summed E-state index contributed by atoms with van der Waals surface area (Å²) < 4.78 is 4.05. The number of hydrogen-bond acceptors (Lipinski definition) is 3. The molecule has 24 heavy (non-hydrogen) atoms. The molecule has 5 heteroatoms. The summed E-state index contributed by atoms with van der Waals surface area (Å²) in [5.41, 5.74) is 0. The van der Waals surface area contributed by atoms with Crippen LogP contribution >= 0.6 is 0 Å². The van der Waals surface area contributed by atoms with Crippen molar-refractivity contribution in [2.75, 3.05) is 0 Å². The van der Waals surface area contributed by atoms with E-state index in [0.29, 0.717) is 0 Å². The van der Waals surface area contributed by atoms with Gasteiger partial charge in [0.15, 0.2) is 0 Å². The maximum Gasteiger partial charge on any atom is 0.513 e. The zero-order valence-corrected chi connectivity index (χ0v) is 19.2. The van der Waals surface area contributed by atoms with E-state index < -0.39 is 12.1 Å². The number of unbranched alkanes of at least 4 members (excludes halogenated alkanes) is 14. The maximum absolute atomic E-state index is 11.0. The van der Waals surface area contributed by atoms with E-state index >= 15 is 0 Å². The van der Waals surface area contributed by atoms with Gasteiger partial charge in [0.05, 0.1) is 0 Å². The van der Waals surface area contributed by atoms with Crippen molar-refractivity contribution < 1.29 is 55.0 Å². The monoisotopic (exact) mass is 467 g/mol. The van der Waals surface area contributed by atoms with E-state index in [-0.39, 0.29) is 42.0 Å². The van der Waals surface area contributed by atoms with Crippen LogP contribution in [0.1, 0.15) is 110 Å². The van der Waals surface area contributed by atoms with Crippen LogP contribution in [0.3, 0.4) is 0 Å². The average Bonchev–Trinajstić information content (AvgIpc) is 2.50. The Morgan fingerprint density at radius 2 is 1.00 bits per heavy atom. The average molecular weight is 467 g/mol. The van der Waals surface area contributed by atoms with Gasteiger partial charge >= 0.3 is 12.1 Å². The molecule has 0 amide bonds. The molecule has 0 aromatic carbocycles.